The van der Waals surface area contributed by atoms with E-state index in [1.165, 1.54) is 0 Å². The SMILES string of the molecule is NNC(=O)c1sc(C(=O)NN)c(C(=S)c2ccccc2)c1C(=S)c1ccccc1. The van der Waals surface area contributed by atoms with Crippen LogP contribution in [0.1, 0.15) is 41.6 Å². The molecule has 6 nitrogen and oxygen atoms in total. The van der Waals surface area contributed by atoms with Gasteiger partial charge in [-0.2, -0.15) is 0 Å². The summed E-state index contributed by atoms with van der Waals surface area (Å²) < 4.78 is 0. The largest absolute Gasteiger partial charge is 0.289 e. The number of amides is 2. The number of hydrogen-bond acceptors (Lipinski definition) is 7. The first kappa shape index (κ1) is 20.9. The highest BCUT2D eigenvalue weighted by molar-refractivity contribution is 7.82. The Labute approximate surface area is 181 Å². The predicted molar refractivity (Wildman–Crippen MR) is 122 cm³/mol. The van der Waals surface area contributed by atoms with Crippen LogP contribution in [0.2, 0.25) is 0 Å². The summed E-state index contributed by atoms with van der Waals surface area (Å²) in [4.78, 5) is 26.2. The fourth-order valence-corrected chi connectivity index (χ4v) is 4.71. The van der Waals surface area contributed by atoms with Crippen LogP contribution in [0, 0.1) is 0 Å². The van der Waals surface area contributed by atoms with Crippen LogP contribution in [0.25, 0.3) is 0 Å². The molecular weight excluding hydrogens is 424 g/mol. The van der Waals surface area contributed by atoms with Crippen molar-refractivity contribution in [1.29, 1.82) is 0 Å². The molecule has 146 valence electrons. The van der Waals surface area contributed by atoms with E-state index in [0.29, 0.717) is 32.0 Å². The second kappa shape index (κ2) is 9.12. The van der Waals surface area contributed by atoms with Crippen molar-refractivity contribution in [2.75, 3.05) is 0 Å². The maximum absolute atomic E-state index is 12.5. The number of thiophene rings is 1. The normalized spacial score (nSPS) is 10.3. The molecule has 0 saturated carbocycles. The van der Waals surface area contributed by atoms with Crippen LogP contribution in [-0.4, -0.2) is 21.5 Å². The molecule has 1 aromatic heterocycles. The maximum Gasteiger partial charge on any atom is 0.275 e. The summed E-state index contributed by atoms with van der Waals surface area (Å²) in [6, 6.07) is 18.3. The molecule has 2 amide bonds. The van der Waals surface area contributed by atoms with Crippen LogP contribution in [0.4, 0.5) is 0 Å². The van der Waals surface area contributed by atoms with Crippen molar-refractivity contribution in [2.24, 2.45) is 11.7 Å². The van der Waals surface area contributed by atoms with Gasteiger partial charge in [0.05, 0.1) is 9.73 Å². The molecule has 29 heavy (non-hydrogen) atoms. The summed E-state index contributed by atoms with van der Waals surface area (Å²) in [5.74, 6) is 9.60. The molecule has 0 radical (unpaired) electrons. The zero-order valence-corrected chi connectivity index (χ0v) is 17.4. The van der Waals surface area contributed by atoms with Crippen LogP contribution >= 0.6 is 35.8 Å². The van der Waals surface area contributed by atoms with Gasteiger partial charge in [0.25, 0.3) is 11.8 Å². The van der Waals surface area contributed by atoms with E-state index in [0.717, 1.165) is 11.3 Å². The summed E-state index contributed by atoms with van der Waals surface area (Å²) in [7, 11) is 0. The van der Waals surface area contributed by atoms with Gasteiger partial charge in [-0.3, -0.25) is 20.4 Å². The molecule has 3 rings (SSSR count). The molecule has 0 aliphatic carbocycles. The third kappa shape index (κ3) is 4.14. The average molecular weight is 441 g/mol. The molecule has 6 N–H and O–H groups in total. The fraction of sp³-hybridized carbons (Fsp3) is 0. The number of rotatable bonds is 6. The maximum atomic E-state index is 12.5. The van der Waals surface area contributed by atoms with Gasteiger partial charge in [-0.15, -0.1) is 11.3 Å². The van der Waals surface area contributed by atoms with Gasteiger partial charge in [0.1, 0.15) is 9.75 Å². The van der Waals surface area contributed by atoms with Gasteiger partial charge in [-0.25, -0.2) is 11.7 Å². The molecule has 9 heteroatoms. The monoisotopic (exact) mass is 440 g/mol. The standard InChI is InChI=1S/C20H16N4O2S3/c21-23-19(25)17-13(15(27)11-7-3-1-4-8-11)14(18(29-17)20(26)24-22)16(28)12-9-5-2-6-10-12/h1-10H,21-22H2,(H,23,25)(H,24,26). The highest BCUT2D eigenvalue weighted by atomic mass is 32.1. The van der Waals surface area contributed by atoms with Crippen LogP contribution in [0.3, 0.4) is 0 Å². The smallest absolute Gasteiger partial charge is 0.275 e. The fourth-order valence-electron chi connectivity index (χ4n) is 2.78. The first-order valence-corrected chi connectivity index (χ1v) is 10.0. The van der Waals surface area contributed by atoms with Crippen molar-refractivity contribution in [3.05, 3.63) is 92.7 Å². The summed E-state index contributed by atoms with van der Waals surface area (Å²) in [5.41, 5.74) is 6.40. The lowest BCUT2D eigenvalue weighted by Crippen LogP contribution is -2.30. The summed E-state index contributed by atoms with van der Waals surface area (Å²) in [5, 5.41) is 0. The van der Waals surface area contributed by atoms with Gasteiger partial charge < -0.3 is 0 Å². The molecule has 3 aromatic rings. The number of carbonyl (C=O) groups excluding carboxylic acids is 2. The molecule has 2 aromatic carbocycles. The Kier molecular flexibility index (Phi) is 6.57. The zero-order chi connectivity index (χ0) is 21.0. The lowest BCUT2D eigenvalue weighted by atomic mass is 9.94. The van der Waals surface area contributed by atoms with E-state index in [2.05, 4.69) is 10.9 Å². The molecule has 0 fully saturated rings. The Bertz CT molecular complexity index is 1010. The van der Waals surface area contributed by atoms with Gasteiger partial charge >= 0.3 is 0 Å². The topological polar surface area (TPSA) is 110 Å². The van der Waals surface area contributed by atoms with Crippen molar-refractivity contribution in [1.82, 2.24) is 10.9 Å². The second-order valence-electron chi connectivity index (χ2n) is 5.85. The van der Waals surface area contributed by atoms with E-state index >= 15 is 0 Å². The molecule has 0 aliphatic heterocycles. The number of hydrogen-bond donors (Lipinski definition) is 4. The number of nitrogen functional groups attached to an aromatic ring is 2. The number of hydrazine groups is 2. The van der Waals surface area contributed by atoms with Crippen molar-refractivity contribution in [2.45, 2.75) is 0 Å². The molecule has 0 spiro atoms. The number of nitrogens with one attached hydrogen (secondary N) is 2. The highest BCUT2D eigenvalue weighted by Crippen LogP contribution is 2.33. The van der Waals surface area contributed by atoms with Gasteiger partial charge in [0.2, 0.25) is 0 Å². The third-order valence-corrected chi connectivity index (χ3v) is 6.18. The third-order valence-electron chi connectivity index (χ3n) is 4.11. The Morgan fingerprint density at radius 2 is 1.03 bits per heavy atom. The van der Waals surface area contributed by atoms with Crippen LogP contribution < -0.4 is 22.5 Å². The van der Waals surface area contributed by atoms with Crippen molar-refractivity contribution in [3.63, 3.8) is 0 Å². The average Bonchev–Trinajstić information content (AvgIpc) is 3.18. The van der Waals surface area contributed by atoms with Crippen LogP contribution in [-0.2, 0) is 0 Å². The van der Waals surface area contributed by atoms with Crippen molar-refractivity contribution < 1.29 is 9.59 Å². The van der Waals surface area contributed by atoms with Gasteiger partial charge in [0, 0.05) is 11.1 Å². The molecular formula is C20H16N4O2S3. The van der Waals surface area contributed by atoms with E-state index < -0.39 is 11.8 Å². The Hall–Kier alpha value is -2.82. The molecule has 0 saturated heterocycles. The lowest BCUT2D eigenvalue weighted by Gasteiger charge is -2.12. The first-order chi connectivity index (χ1) is 14.0. The van der Waals surface area contributed by atoms with Gasteiger partial charge in [-0.1, -0.05) is 85.1 Å². The van der Waals surface area contributed by atoms with Crippen LogP contribution in [0.15, 0.2) is 60.7 Å². The van der Waals surface area contributed by atoms with E-state index in [9.17, 15) is 9.59 Å². The van der Waals surface area contributed by atoms with E-state index in [-0.39, 0.29) is 9.75 Å². The van der Waals surface area contributed by atoms with E-state index in [1.807, 2.05) is 60.7 Å². The molecule has 0 atom stereocenters. The minimum atomic E-state index is -0.573. The molecule has 0 unspecified atom stereocenters. The number of thiocarbonyl (C=S) groups is 2. The molecule has 0 aliphatic rings. The van der Waals surface area contributed by atoms with Gasteiger partial charge in [0.15, 0.2) is 0 Å². The van der Waals surface area contributed by atoms with Gasteiger partial charge in [-0.05, 0) is 11.1 Å². The minimum absolute atomic E-state index is 0.188. The zero-order valence-electron chi connectivity index (χ0n) is 15.0. The van der Waals surface area contributed by atoms with E-state index in [4.69, 9.17) is 36.1 Å². The van der Waals surface area contributed by atoms with Crippen molar-refractivity contribution >= 4 is 57.3 Å². The lowest BCUT2D eigenvalue weighted by molar-refractivity contribution is 0.0951. The quantitative estimate of drug-likeness (QED) is 0.154. The summed E-state index contributed by atoms with van der Waals surface area (Å²) in [6.45, 7) is 0. The second-order valence-corrected chi connectivity index (χ2v) is 7.68. The number of carbonyl (C=O) groups is 2. The Morgan fingerprint density at radius 1 is 0.690 bits per heavy atom. The molecule has 1 heterocycles. The summed E-state index contributed by atoms with van der Waals surface area (Å²) in [6.07, 6.45) is 0. The van der Waals surface area contributed by atoms with Crippen molar-refractivity contribution in [3.8, 4) is 0 Å². The molecule has 0 bridgehead atoms. The highest BCUT2D eigenvalue weighted by Gasteiger charge is 2.31. The van der Waals surface area contributed by atoms with Crippen LogP contribution in [0.5, 0.6) is 0 Å². The minimum Gasteiger partial charge on any atom is -0.289 e. The number of nitrogens with two attached hydrogens (primary N) is 2. The summed E-state index contributed by atoms with van der Waals surface area (Å²) >= 11 is 12.3. The first-order valence-electron chi connectivity index (χ1n) is 8.37. The Morgan fingerprint density at radius 3 is 1.34 bits per heavy atom. The number of benzene rings is 2. The van der Waals surface area contributed by atoms with E-state index in [1.54, 1.807) is 0 Å². The Balaban J connectivity index is 2.32. The predicted octanol–water partition coefficient (Wildman–Crippen LogP) is 2.49.